The highest BCUT2D eigenvalue weighted by molar-refractivity contribution is 7.07. The predicted molar refractivity (Wildman–Crippen MR) is 43.0 cm³/mol. The molecule has 1 fully saturated rings. The van der Waals surface area contributed by atoms with E-state index in [2.05, 4.69) is 22.1 Å². The van der Waals surface area contributed by atoms with Crippen molar-refractivity contribution >= 4 is 11.3 Å². The maximum atomic E-state index is 2.45. The molecule has 1 aromatic rings. The minimum absolute atomic E-state index is 0.958. The fourth-order valence-corrected chi connectivity index (χ4v) is 1.72. The summed E-state index contributed by atoms with van der Waals surface area (Å²) in [5.41, 5.74) is 1.48. The molecule has 2 heteroatoms. The SMILES string of the molecule is c1cc(C[NH2+]C2CC2)cs1. The van der Waals surface area contributed by atoms with Crippen molar-refractivity contribution in [1.29, 1.82) is 0 Å². The van der Waals surface area contributed by atoms with Crippen molar-refractivity contribution in [2.24, 2.45) is 0 Å². The molecule has 1 aliphatic rings. The Balaban J connectivity index is 1.79. The van der Waals surface area contributed by atoms with E-state index in [-0.39, 0.29) is 0 Å². The van der Waals surface area contributed by atoms with Crippen molar-refractivity contribution in [3.8, 4) is 0 Å². The van der Waals surface area contributed by atoms with E-state index in [0.29, 0.717) is 0 Å². The second kappa shape index (κ2) is 2.72. The highest BCUT2D eigenvalue weighted by Crippen LogP contribution is 2.14. The molecule has 0 atom stereocenters. The normalized spacial score (nSPS) is 17.6. The van der Waals surface area contributed by atoms with Gasteiger partial charge in [-0.1, -0.05) is 0 Å². The Morgan fingerprint density at radius 2 is 2.50 bits per heavy atom. The van der Waals surface area contributed by atoms with E-state index in [1.54, 1.807) is 11.3 Å². The summed E-state index contributed by atoms with van der Waals surface area (Å²) in [6.45, 7) is 1.19. The molecule has 1 aromatic heterocycles. The summed E-state index contributed by atoms with van der Waals surface area (Å²) in [7, 11) is 0. The smallest absolute Gasteiger partial charge is 0.102 e. The molecule has 1 saturated carbocycles. The van der Waals surface area contributed by atoms with Gasteiger partial charge >= 0.3 is 0 Å². The quantitative estimate of drug-likeness (QED) is 0.668. The fraction of sp³-hybridized carbons (Fsp3) is 0.500. The van der Waals surface area contributed by atoms with Gasteiger partial charge in [-0.3, -0.25) is 0 Å². The molecule has 0 spiro atoms. The molecular weight excluding hydrogens is 142 g/mol. The van der Waals surface area contributed by atoms with E-state index >= 15 is 0 Å². The minimum atomic E-state index is 0.958. The predicted octanol–water partition coefficient (Wildman–Crippen LogP) is 0.974. The number of hydrogen-bond donors (Lipinski definition) is 1. The van der Waals surface area contributed by atoms with Crippen LogP contribution in [0.25, 0.3) is 0 Å². The second-order valence-electron chi connectivity index (χ2n) is 2.91. The van der Waals surface area contributed by atoms with Crippen LogP contribution in [0.15, 0.2) is 16.8 Å². The lowest BCUT2D eigenvalue weighted by atomic mass is 10.3. The molecule has 10 heavy (non-hydrogen) atoms. The standard InChI is InChI=1S/C8H11NS/c1-2-8(1)9-5-7-3-4-10-6-7/h3-4,6,8-9H,1-2,5H2/p+1. The van der Waals surface area contributed by atoms with Crippen molar-refractivity contribution in [2.45, 2.75) is 25.4 Å². The summed E-state index contributed by atoms with van der Waals surface area (Å²) in [6.07, 6.45) is 2.87. The van der Waals surface area contributed by atoms with Gasteiger partial charge in [0.2, 0.25) is 0 Å². The highest BCUT2D eigenvalue weighted by atomic mass is 32.1. The zero-order valence-electron chi connectivity index (χ0n) is 5.92. The fourth-order valence-electron chi connectivity index (χ4n) is 1.04. The zero-order valence-corrected chi connectivity index (χ0v) is 6.73. The first kappa shape index (κ1) is 6.38. The third-order valence-corrected chi connectivity index (χ3v) is 2.62. The van der Waals surface area contributed by atoms with Gasteiger partial charge in [0, 0.05) is 18.4 Å². The van der Waals surface area contributed by atoms with Crippen LogP contribution in [0, 0.1) is 0 Å². The maximum Gasteiger partial charge on any atom is 0.102 e. The van der Waals surface area contributed by atoms with Gasteiger partial charge < -0.3 is 5.32 Å². The Kier molecular flexibility index (Phi) is 1.74. The average Bonchev–Trinajstić information content (AvgIpc) is 2.63. The largest absolute Gasteiger partial charge is 0.340 e. The van der Waals surface area contributed by atoms with Crippen LogP contribution in [-0.4, -0.2) is 6.04 Å². The Bertz CT molecular complexity index is 189. The van der Waals surface area contributed by atoms with Crippen LogP contribution in [0.5, 0.6) is 0 Å². The van der Waals surface area contributed by atoms with Gasteiger partial charge in [-0.25, -0.2) is 0 Å². The van der Waals surface area contributed by atoms with Gasteiger partial charge in [0.25, 0.3) is 0 Å². The minimum Gasteiger partial charge on any atom is -0.340 e. The first-order valence-corrected chi connectivity index (χ1v) is 4.74. The third-order valence-electron chi connectivity index (χ3n) is 1.89. The summed E-state index contributed by atoms with van der Waals surface area (Å²) in [5, 5.41) is 6.83. The zero-order chi connectivity index (χ0) is 6.81. The van der Waals surface area contributed by atoms with E-state index in [0.717, 1.165) is 6.04 Å². The first-order valence-electron chi connectivity index (χ1n) is 3.79. The highest BCUT2D eigenvalue weighted by Gasteiger charge is 2.24. The molecule has 0 unspecified atom stereocenters. The van der Waals surface area contributed by atoms with Crippen LogP contribution < -0.4 is 5.32 Å². The molecule has 1 nitrogen and oxygen atoms in total. The van der Waals surface area contributed by atoms with Gasteiger partial charge in [0.05, 0.1) is 6.04 Å². The molecule has 0 radical (unpaired) electrons. The average molecular weight is 154 g/mol. The van der Waals surface area contributed by atoms with E-state index in [1.807, 2.05) is 0 Å². The maximum absolute atomic E-state index is 2.45. The number of thiophene rings is 1. The molecule has 0 bridgehead atoms. The molecule has 1 aliphatic carbocycles. The Morgan fingerprint density at radius 1 is 1.60 bits per heavy atom. The lowest BCUT2D eigenvalue weighted by molar-refractivity contribution is -0.683. The van der Waals surface area contributed by atoms with Gasteiger partial charge in [-0.05, 0) is 16.8 Å². The number of hydrogen-bond acceptors (Lipinski definition) is 1. The molecule has 2 N–H and O–H groups in total. The molecule has 0 aromatic carbocycles. The Labute approximate surface area is 65.1 Å². The second-order valence-corrected chi connectivity index (χ2v) is 3.69. The summed E-state index contributed by atoms with van der Waals surface area (Å²) >= 11 is 1.79. The van der Waals surface area contributed by atoms with E-state index < -0.39 is 0 Å². The van der Waals surface area contributed by atoms with Gasteiger partial charge in [0.1, 0.15) is 6.54 Å². The summed E-state index contributed by atoms with van der Waals surface area (Å²) < 4.78 is 0. The van der Waals surface area contributed by atoms with Gasteiger partial charge in [0.15, 0.2) is 0 Å². The molecule has 0 amide bonds. The monoisotopic (exact) mass is 154 g/mol. The summed E-state index contributed by atoms with van der Waals surface area (Å²) in [4.78, 5) is 0. The molecule has 1 heterocycles. The van der Waals surface area contributed by atoms with Crippen LogP contribution in [0.3, 0.4) is 0 Å². The van der Waals surface area contributed by atoms with Crippen LogP contribution >= 0.6 is 11.3 Å². The first-order chi connectivity index (χ1) is 4.95. The molecule has 0 aliphatic heterocycles. The van der Waals surface area contributed by atoms with E-state index in [9.17, 15) is 0 Å². The van der Waals surface area contributed by atoms with Crippen molar-refractivity contribution in [1.82, 2.24) is 0 Å². The number of nitrogens with two attached hydrogens (primary N) is 1. The number of rotatable bonds is 3. The van der Waals surface area contributed by atoms with Crippen LogP contribution in [0.2, 0.25) is 0 Å². The van der Waals surface area contributed by atoms with Crippen molar-refractivity contribution in [2.75, 3.05) is 0 Å². The van der Waals surface area contributed by atoms with Crippen molar-refractivity contribution in [3.05, 3.63) is 22.4 Å². The lowest BCUT2D eigenvalue weighted by Crippen LogP contribution is -2.84. The molecule has 54 valence electrons. The van der Waals surface area contributed by atoms with E-state index in [1.165, 1.54) is 24.9 Å². The topological polar surface area (TPSA) is 16.6 Å². The van der Waals surface area contributed by atoms with Crippen LogP contribution in [-0.2, 0) is 6.54 Å². The summed E-state index contributed by atoms with van der Waals surface area (Å²) in [5.74, 6) is 0. The van der Waals surface area contributed by atoms with Crippen molar-refractivity contribution < 1.29 is 5.32 Å². The molecular formula is C8H12NS+. The van der Waals surface area contributed by atoms with Crippen LogP contribution in [0.4, 0.5) is 0 Å². The van der Waals surface area contributed by atoms with E-state index in [4.69, 9.17) is 0 Å². The molecule has 0 saturated heterocycles. The third kappa shape index (κ3) is 1.58. The van der Waals surface area contributed by atoms with Gasteiger partial charge in [-0.15, -0.1) is 0 Å². The Hall–Kier alpha value is -0.340. The Morgan fingerprint density at radius 3 is 3.10 bits per heavy atom. The van der Waals surface area contributed by atoms with Crippen LogP contribution in [0.1, 0.15) is 18.4 Å². The van der Waals surface area contributed by atoms with Gasteiger partial charge in [-0.2, -0.15) is 11.3 Å². The summed E-state index contributed by atoms with van der Waals surface area (Å²) in [6, 6.07) is 3.17. The lowest BCUT2D eigenvalue weighted by Gasteiger charge is -1.94. The number of quaternary nitrogens is 1. The molecule has 2 rings (SSSR count). The van der Waals surface area contributed by atoms with Crippen molar-refractivity contribution in [3.63, 3.8) is 0 Å².